The zero-order valence-corrected chi connectivity index (χ0v) is 23.0. The van der Waals surface area contributed by atoms with Crippen LogP contribution in [0.4, 0.5) is 5.69 Å². The number of hydrogen-bond acceptors (Lipinski definition) is 6. The third kappa shape index (κ3) is 6.40. The van der Waals surface area contributed by atoms with E-state index in [4.69, 9.17) is 23.2 Å². The summed E-state index contributed by atoms with van der Waals surface area (Å²) >= 11 is 12.8. The first-order valence-corrected chi connectivity index (χ1v) is 14.2. The van der Waals surface area contributed by atoms with E-state index in [-0.39, 0.29) is 21.9 Å². The summed E-state index contributed by atoms with van der Waals surface area (Å²) in [6, 6.07) is 19.6. The summed E-state index contributed by atoms with van der Waals surface area (Å²) in [5.74, 6) is -0.350. The Hall–Kier alpha value is -3.17. The lowest BCUT2D eigenvalue weighted by molar-refractivity contribution is 0.0970. The number of halogens is 2. The molecule has 0 saturated heterocycles. The molecule has 4 aromatic rings. The summed E-state index contributed by atoms with van der Waals surface area (Å²) in [5, 5.41) is 1.89. The first kappa shape index (κ1) is 26.9. The van der Waals surface area contributed by atoms with Gasteiger partial charge in [0, 0.05) is 35.4 Å². The lowest BCUT2D eigenvalue weighted by atomic mass is 10.1. The van der Waals surface area contributed by atoms with Crippen LogP contribution in [-0.4, -0.2) is 32.9 Å². The minimum atomic E-state index is -3.93. The molecule has 0 N–H and O–H groups in total. The molecule has 1 heterocycles. The van der Waals surface area contributed by atoms with E-state index in [0.29, 0.717) is 20.1 Å². The SMILES string of the molecule is CN(C)c1ccc(C=c2sc(=CS(=O)(=O)c3ccc(Cl)cc3)n(CC(=O)c3ccc(Cl)cc3)c2=O)cc1. The molecule has 1 aromatic heterocycles. The van der Waals surface area contributed by atoms with Gasteiger partial charge in [0.15, 0.2) is 5.78 Å². The quantitative estimate of drug-likeness (QED) is 0.310. The van der Waals surface area contributed by atoms with Crippen LogP contribution in [0.25, 0.3) is 11.5 Å². The van der Waals surface area contributed by atoms with Crippen molar-refractivity contribution in [2.45, 2.75) is 11.4 Å². The van der Waals surface area contributed by atoms with Gasteiger partial charge >= 0.3 is 0 Å². The highest BCUT2D eigenvalue weighted by molar-refractivity contribution is 7.99. The summed E-state index contributed by atoms with van der Waals surface area (Å²) < 4.78 is 27.9. The number of aromatic nitrogens is 1. The van der Waals surface area contributed by atoms with Gasteiger partial charge in [-0.15, -0.1) is 11.3 Å². The number of nitrogens with zero attached hydrogens (tertiary/aromatic N) is 2. The molecule has 0 bridgehead atoms. The highest BCUT2D eigenvalue weighted by atomic mass is 35.5. The largest absolute Gasteiger partial charge is 0.378 e. The van der Waals surface area contributed by atoms with Crippen molar-refractivity contribution >= 4 is 67.3 Å². The Morgan fingerprint density at radius 1 is 0.919 bits per heavy atom. The maximum Gasteiger partial charge on any atom is 0.269 e. The van der Waals surface area contributed by atoms with Crippen molar-refractivity contribution in [3.63, 3.8) is 0 Å². The Balaban J connectivity index is 1.85. The van der Waals surface area contributed by atoms with Crippen LogP contribution in [-0.2, 0) is 16.4 Å². The fourth-order valence-corrected chi connectivity index (χ4v) is 6.23. The normalized spacial score (nSPS) is 12.6. The van der Waals surface area contributed by atoms with Gasteiger partial charge in [-0.2, -0.15) is 0 Å². The number of ketones is 1. The smallest absolute Gasteiger partial charge is 0.269 e. The molecule has 0 spiro atoms. The number of carbonyl (C=O) groups is 1. The second-order valence-electron chi connectivity index (χ2n) is 8.37. The van der Waals surface area contributed by atoms with Crippen molar-refractivity contribution in [3.05, 3.63) is 114 Å². The molecule has 6 nitrogen and oxygen atoms in total. The maximum atomic E-state index is 13.4. The minimum Gasteiger partial charge on any atom is -0.378 e. The first-order chi connectivity index (χ1) is 17.5. The molecule has 0 radical (unpaired) electrons. The lowest BCUT2D eigenvalue weighted by Crippen LogP contribution is -2.34. The molecule has 0 saturated carbocycles. The van der Waals surface area contributed by atoms with Crippen molar-refractivity contribution in [3.8, 4) is 0 Å². The second kappa shape index (κ2) is 11.1. The average Bonchev–Trinajstić information content (AvgIpc) is 3.13. The van der Waals surface area contributed by atoms with Gasteiger partial charge in [-0.05, 0) is 72.3 Å². The molecular formula is C27H22Cl2N2O4S2. The molecule has 0 amide bonds. The molecule has 0 unspecified atom stereocenters. The molecule has 37 heavy (non-hydrogen) atoms. The van der Waals surface area contributed by atoms with Crippen molar-refractivity contribution in [2.75, 3.05) is 19.0 Å². The third-order valence-electron chi connectivity index (χ3n) is 5.51. The van der Waals surface area contributed by atoms with Gasteiger partial charge in [0.1, 0.15) is 4.66 Å². The van der Waals surface area contributed by atoms with Crippen molar-refractivity contribution < 1.29 is 13.2 Å². The molecule has 0 atom stereocenters. The lowest BCUT2D eigenvalue weighted by Gasteiger charge is -2.11. The number of sulfone groups is 1. The number of Topliss-reactive ketones (excluding diaryl/α,β-unsaturated/α-hetero) is 1. The molecular weight excluding hydrogens is 551 g/mol. The Morgan fingerprint density at radius 3 is 2.05 bits per heavy atom. The highest BCUT2D eigenvalue weighted by Gasteiger charge is 2.16. The fraction of sp³-hybridized carbons (Fsp3) is 0.111. The van der Waals surface area contributed by atoms with Crippen LogP contribution in [0.5, 0.6) is 0 Å². The monoisotopic (exact) mass is 572 g/mol. The van der Waals surface area contributed by atoms with E-state index in [1.807, 2.05) is 43.3 Å². The van der Waals surface area contributed by atoms with E-state index in [0.717, 1.165) is 28.0 Å². The number of benzene rings is 3. The van der Waals surface area contributed by atoms with Crippen molar-refractivity contribution in [1.82, 2.24) is 4.57 Å². The van der Waals surface area contributed by atoms with Crippen molar-refractivity contribution in [1.29, 1.82) is 0 Å². The van der Waals surface area contributed by atoms with E-state index >= 15 is 0 Å². The Morgan fingerprint density at radius 2 is 1.49 bits per heavy atom. The van der Waals surface area contributed by atoms with Crippen LogP contribution >= 0.6 is 34.5 Å². The first-order valence-electron chi connectivity index (χ1n) is 11.0. The predicted molar refractivity (Wildman–Crippen MR) is 151 cm³/mol. The summed E-state index contributed by atoms with van der Waals surface area (Å²) in [6.07, 6.45) is 1.68. The summed E-state index contributed by atoms with van der Waals surface area (Å²) in [4.78, 5) is 28.3. The molecule has 0 aliphatic heterocycles. The standard InChI is InChI=1S/C27H22Cl2N2O4S2/c1-30(2)22-11-3-18(4-12-22)15-25-27(33)31(16-24(32)19-5-7-20(28)8-6-19)26(36-25)17-37(34,35)23-13-9-21(29)10-14-23/h3-15,17H,16H2,1-2H3. The Bertz CT molecular complexity index is 1720. The van der Waals surface area contributed by atoms with E-state index in [1.165, 1.54) is 28.8 Å². The van der Waals surface area contributed by atoms with E-state index < -0.39 is 15.4 Å². The second-order valence-corrected chi connectivity index (χ2v) is 12.1. The third-order valence-corrected chi connectivity index (χ3v) is 8.69. The molecule has 3 aromatic carbocycles. The number of thiazole rings is 1. The van der Waals surface area contributed by atoms with Crippen LogP contribution in [0, 0.1) is 0 Å². The maximum absolute atomic E-state index is 13.4. The molecule has 0 fully saturated rings. The summed E-state index contributed by atoms with van der Waals surface area (Å²) in [5.41, 5.74) is 1.67. The minimum absolute atomic E-state index is 0.0260. The van der Waals surface area contributed by atoms with Gasteiger partial charge in [-0.3, -0.25) is 14.2 Å². The number of carbonyl (C=O) groups excluding carboxylic acids is 1. The van der Waals surface area contributed by atoms with Crippen LogP contribution in [0.3, 0.4) is 0 Å². The molecule has 0 aliphatic carbocycles. The fourth-order valence-electron chi connectivity index (χ4n) is 3.49. The zero-order valence-electron chi connectivity index (χ0n) is 19.9. The Kier molecular flexibility index (Phi) is 8.04. The van der Waals surface area contributed by atoms with Crippen molar-refractivity contribution in [2.24, 2.45) is 0 Å². The van der Waals surface area contributed by atoms with E-state index in [2.05, 4.69) is 0 Å². The van der Waals surface area contributed by atoms with Gasteiger partial charge in [0.25, 0.3) is 5.56 Å². The van der Waals surface area contributed by atoms with Gasteiger partial charge in [0.05, 0.1) is 21.4 Å². The van der Waals surface area contributed by atoms with Crippen LogP contribution in [0.15, 0.2) is 82.5 Å². The van der Waals surface area contributed by atoms with Gasteiger partial charge in [-0.1, -0.05) is 35.3 Å². The Labute approximate surface area is 228 Å². The summed E-state index contributed by atoms with van der Waals surface area (Å²) in [6.45, 7) is -0.327. The molecule has 4 rings (SSSR count). The molecule has 10 heteroatoms. The van der Waals surface area contributed by atoms with Gasteiger partial charge in [0.2, 0.25) is 9.84 Å². The highest BCUT2D eigenvalue weighted by Crippen LogP contribution is 2.17. The average molecular weight is 574 g/mol. The van der Waals surface area contributed by atoms with E-state index in [9.17, 15) is 18.0 Å². The van der Waals surface area contributed by atoms with Crippen LogP contribution in [0.1, 0.15) is 15.9 Å². The topological polar surface area (TPSA) is 76.5 Å². The van der Waals surface area contributed by atoms with Gasteiger partial charge < -0.3 is 4.90 Å². The molecule has 190 valence electrons. The molecule has 0 aliphatic rings. The zero-order chi connectivity index (χ0) is 26.7. The van der Waals surface area contributed by atoms with Crippen LogP contribution < -0.4 is 19.7 Å². The number of hydrogen-bond donors (Lipinski definition) is 0. The van der Waals surface area contributed by atoms with E-state index in [1.54, 1.807) is 30.3 Å². The van der Waals surface area contributed by atoms with Crippen LogP contribution in [0.2, 0.25) is 10.0 Å². The number of anilines is 1. The summed E-state index contributed by atoms with van der Waals surface area (Å²) in [7, 11) is -0.0748. The van der Waals surface area contributed by atoms with Gasteiger partial charge in [-0.25, -0.2) is 8.42 Å². The number of rotatable bonds is 7. The predicted octanol–water partition coefficient (Wildman–Crippen LogP) is 4.21.